The first-order chi connectivity index (χ1) is 8.10. The second-order valence-corrected chi connectivity index (χ2v) is 5.35. The summed E-state index contributed by atoms with van der Waals surface area (Å²) in [5, 5.41) is 0. The lowest BCUT2D eigenvalue weighted by atomic mass is 9.79. The summed E-state index contributed by atoms with van der Waals surface area (Å²) in [5.41, 5.74) is 1.57. The molecule has 1 aliphatic rings. The second kappa shape index (κ2) is 4.67. The number of hydrogen-bond donors (Lipinski definition) is 0. The van der Waals surface area contributed by atoms with Crippen LogP contribution < -0.4 is 4.90 Å². The van der Waals surface area contributed by atoms with E-state index in [9.17, 15) is 4.39 Å². The van der Waals surface area contributed by atoms with Crippen molar-refractivity contribution in [3.8, 4) is 0 Å². The van der Waals surface area contributed by atoms with Crippen molar-refractivity contribution in [2.24, 2.45) is 5.41 Å². The Kier molecular flexibility index (Phi) is 3.41. The zero-order valence-corrected chi connectivity index (χ0v) is 11.0. The van der Waals surface area contributed by atoms with Gasteiger partial charge in [-0.25, -0.2) is 4.39 Å². The summed E-state index contributed by atoms with van der Waals surface area (Å²) in [4.78, 5) is 2.45. The molecule has 1 saturated heterocycles. The third-order valence-corrected chi connectivity index (χ3v) is 4.46. The normalized spacial score (nSPS) is 28.7. The zero-order chi connectivity index (χ0) is 12.5. The molecule has 1 aliphatic heterocycles. The third kappa shape index (κ3) is 2.18. The monoisotopic (exact) mass is 235 g/mol. The number of hydrogen-bond acceptors (Lipinski definition) is 1. The number of anilines is 1. The quantitative estimate of drug-likeness (QED) is 0.757. The van der Waals surface area contributed by atoms with Crippen molar-refractivity contribution < 1.29 is 4.39 Å². The fourth-order valence-corrected chi connectivity index (χ4v) is 3.14. The van der Waals surface area contributed by atoms with Crippen molar-refractivity contribution in [1.29, 1.82) is 0 Å². The van der Waals surface area contributed by atoms with Gasteiger partial charge in [-0.05, 0) is 48.9 Å². The van der Waals surface area contributed by atoms with Gasteiger partial charge in [0.15, 0.2) is 0 Å². The van der Waals surface area contributed by atoms with Crippen molar-refractivity contribution in [3.05, 3.63) is 30.1 Å². The van der Waals surface area contributed by atoms with E-state index in [1.165, 1.54) is 12.8 Å². The molecule has 0 aromatic heterocycles. The molecule has 1 aromatic carbocycles. The summed E-state index contributed by atoms with van der Waals surface area (Å²) >= 11 is 0. The number of benzene rings is 1. The van der Waals surface area contributed by atoms with Gasteiger partial charge in [0.1, 0.15) is 5.82 Å². The molecule has 0 aliphatic carbocycles. The van der Waals surface area contributed by atoms with Crippen LogP contribution in [0.4, 0.5) is 10.1 Å². The van der Waals surface area contributed by atoms with E-state index < -0.39 is 0 Å². The average molecular weight is 235 g/mol. The smallest absolute Gasteiger partial charge is 0.123 e. The highest BCUT2D eigenvalue weighted by atomic mass is 19.1. The predicted octanol–water partition coefficient (Wildman–Crippen LogP) is 4.23. The van der Waals surface area contributed by atoms with Crippen molar-refractivity contribution in [2.45, 2.75) is 46.1 Å². The maximum atomic E-state index is 13.0. The fourth-order valence-electron chi connectivity index (χ4n) is 3.14. The van der Waals surface area contributed by atoms with Crippen molar-refractivity contribution >= 4 is 5.69 Å². The molecule has 1 aromatic rings. The lowest BCUT2D eigenvalue weighted by Crippen LogP contribution is -2.37. The molecule has 2 atom stereocenters. The van der Waals surface area contributed by atoms with Gasteiger partial charge in [-0.1, -0.05) is 20.8 Å². The molecule has 0 bridgehead atoms. The van der Waals surface area contributed by atoms with Crippen LogP contribution in [0, 0.1) is 11.2 Å². The first kappa shape index (κ1) is 12.4. The second-order valence-electron chi connectivity index (χ2n) is 5.35. The Balaban J connectivity index is 2.25. The van der Waals surface area contributed by atoms with E-state index in [1.807, 2.05) is 12.1 Å². The van der Waals surface area contributed by atoms with Crippen molar-refractivity contribution in [2.75, 3.05) is 11.4 Å². The van der Waals surface area contributed by atoms with Crippen LogP contribution in [0.2, 0.25) is 0 Å². The molecule has 2 unspecified atom stereocenters. The largest absolute Gasteiger partial charge is 0.368 e. The van der Waals surface area contributed by atoms with E-state index in [-0.39, 0.29) is 5.82 Å². The van der Waals surface area contributed by atoms with E-state index in [0.717, 1.165) is 18.7 Å². The molecular weight excluding hydrogens is 213 g/mol. The van der Waals surface area contributed by atoms with E-state index in [4.69, 9.17) is 0 Å². The molecule has 2 rings (SSSR count). The topological polar surface area (TPSA) is 3.24 Å². The minimum atomic E-state index is -0.153. The highest BCUT2D eigenvalue weighted by Crippen LogP contribution is 2.43. The lowest BCUT2D eigenvalue weighted by Gasteiger charge is -2.35. The van der Waals surface area contributed by atoms with Gasteiger partial charge in [-0.3, -0.25) is 0 Å². The summed E-state index contributed by atoms with van der Waals surface area (Å²) in [6.45, 7) is 8.00. The molecule has 0 spiro atoms. The Morgan fingerprint density at radius 2 is 1.94 bits per heavy atom. The van der Waals surface area contributed by atoms with Crippen LogP contribution in [0.3, 0.4) is 0 Å². The molecule has 2 heteroatoms. The maximum Gasteiger partial charge on any atom is 0.123 e. The van der Waals surface area contributed by atoms with E-state index >= 15 is 0 Å². The minimum Gasteiger partial charge on any atom is -0.368 e. The molecule has 0 radical (unpaired) electrons. The molecule has 0 amide bonds. The first-order valence-electron chi connectivity index (χ1n) is 6.63. The third-order valence-electron chi connectivity index (χ3n) is 4.46. The van der Waals surface area contributed by atoms with Crippen molar-refractivity contribution in [1.82, 2.24) is 0 Å². The Labute approximate surface area is 104 Å². The van der Waals surface area contributed by atoms with Crippen LogP contribution in [0.1, 0.15) is 40.0 Å². The Morgan fingerprint density at radius 3 is 2.47 bits per heavy atom. The van der Waals surface area contributed by atoms with Gasteiger partial charge in [0, 0.05) is 18.3 Å². The van der Waals surface area contributed by atoms with E-state index in [0.29, 0.717) is 11.5 Å². The fraction of sp³-hybridized carbons (Fsp3) is 0.600. The SMILES string of the molecule is CCC1N(c2ccc(F)cc2)CCC1(C)CC. The molecule has 0 N–H and O–H groups in total. The zero-order valence-electron chi connectivity index (χ0n) is 11.0. The van der Waals surface area contributed by atoms with Gasteiger partial charge < -0.3 is 4.90 Å². The molecule has 0 saturated carbocycles. The molecule has 17 heavy (non-hydrogen) atoms. The highest BCUT2D eigenvalue weighted by Gasteiger charge is 2.41. The Hall–Kier alpha value is -1.05. The van der Waals surface area contributed by atoms with Gasteiger partial charge >= 0.3 is 0 Å². The Bertz CT molecular complexity index is 373. The summed E-state index contributed by atoms with van der Waals surface area (Å²) in [7, 11) is 0. The first-order valence-corrected chi connectivity index (χ1v) is 6.63. The summed E-state index contributed by atoms with van der Waals surface area (Å²) in [5.74, 6) is -0.153. The van der Waals surface area contributed by atoms with Crippen LogP contribution in [0.25, 0.3) is 0 Å². The highest BCUT2D eigenvalue weighted by molar-refractivity contribution is 5.49. The molecule has 94 valence electrons. The van der Waals surface area contributed by atoms with Crippen LogP contribution >= 0.6 is 0 Å². The van der Waals surface area contributed by atoms with Crippen LogP contribution in [-0.2, 0) is 0 Å². The van der Waals surface area contributed by atoms with Crippen molar-refractivity contribution in [3.63, 3.8) is 0 Å². The summed E-state index contributed by atoms with van der Waals surface area (Å²) < 4.78 is 13.0. The van der Waals surface area contributed by atoms with Crippen LogP contribution in [0.15, 0.2) is 24.3 Å². The maximum absolute atomic E-state index is 13.0. The molecular formula is C15H22FN. The molecule has 1 fully saturated rings. The summed E-state index contributed by atoms with van der Waals surface area (Å²) in [6.07, 6.45) is 3.60. The van der Waals surface area contributed by atoms with Gasteiger partial charge in [0.25, 0.3) is 0 Å². The van der Waals surface area contributed by atoms with Gasteiger partial charge in [0.05, 0.1) is 0 Å². The van der Waals surface area contributed by atoms with Gasteiger partial charge in [-0.15, -0.1) is 0 Å². The number of rotatable bonds is 3. The Morgan fingerprint density at radius 1 is 1.29 bits per heavy atom. The minimum absolute atomic E-state index is 0.153. The predicted molar refractivity (Wildman–Crippen MR) is 70.8 cm³/mol. The van der Waals surface area contributed by atoms with E-state index in [2.05, 4.69) is 25.7 Å². The van der Waals surface area contributed by atoms with Gasteiger partial charge in [-0.2, -0.15) is 0 Å². The average Bonchev–Trinajstić information content (AvgIpc) is 2.68. The standard InChI is InChI=1S/C15H22FN/c1-4-14-15(3,5-2)10-11-17(14)13-8-6-12(16)7-9-13/h6-9,14H,4-5,10-11H2,1-3H3. The summed E-state index contributed by atoms with van der Waals surface area (Å²) in [6, 6.07) is 7.50. The number of halogens is 1. The number of nitrogens with zero attached hydrogens (tertiary/aromatic N) is 1. The molecule has 1 nitrogen and oxygen atoms in total. The van der Waals surface area contributed by atoms with E-state index in [1.54, 1.807) is 12.1 Å². The van der Waals surface area contributed by atoms with Crippen LogP contribution in [-0.4, -0.2) is 12.6 Å². The molecule has 1 heterocycles. The van der Waals surface area contributed by atoms with Crippen LogP contribution in [0.5, 0.6) is 0 Å². The van der Waals surface area contributed by atoms with Gasteiger partial charge in [0.2, 0.25) is 0 Å². The lowest BCUT2D eigenvalue weighted by molar-refractivity contribution is 0.274.